The highest BCUT2D eigenvalue weighted by Crippen LogP contribution is 2.03. The number of aliphatic carboxylic acids is 1. The van der Waals surface area contributed by atoms with Gasteiger partial charge in [0.25, 0.3) is 5.78 Å². The normalized spacial score (nSPS) is 9.91. The maximum atomic E-state index is 11.7. The Balaban J connectivity index is 2.14. The minimum Gasteiger partial charge on any atom is -0.481 e. The van der Waals surface area contributed by atoms with Crippen LogP contribution in [0.1, 0.15) is 36.0 Å². The van der Waals surface area contributed by atoms with Gasteiger partial charge in [0.05, 0.1) is 0 Å². The van der Waals surface area contributed by atoms with Crippen molar-refractivity contribution in [2.24, 2.45) is 0 Å². The number of benzene rings is 1. The fourth-order valence-electron chi connectivity index (χ4n) is 1.68. The molecule has 0 bridgehead atoms. The van der Waals surface area contributed by atoms with Crippen LogP contribution in [0.3, 0.4) is 0 Å². The van der Waals surface area contributed by atoms with E-state index in [0.29, 0.717) is 12.8 Å². The van der Waals surface area contributed by atoms with Crippen molar-refractivity contribution < 1.29 is 33.8 Å². The lowest BCUT2D eigenvalue weighted by atomic mass is 10.1. The Labute approximate surface area is 133 Å². The molecule has 0 fully saturated rings. The van der Waals surface area contributed by atoms with Gasteiger partial charge in [0.1, 0.15) is 13.2 Å². The summed E-state index contributed by atoms with van der Waals surface area (Å²) in [6, 6.07) is 7.98. The minimum atomic E-state index is -1.01. The van der Waals surface area contributed by atoms with E-state index >= 15 is 0 Å². The van der Waals surface area contributed by atoms with E-state index in [-0.39, 0.29) is 31.6 Å². The highest BCUT2D eigenvalue weighted by molar-refractivity contribution is 6.40. The first kappa shape index (κ1) is 18.3. The molecule has 7 nitrogen and oxygen atoms in total. The highest BCUT2D eigenvalue weighted by Gasteiger charge is 2.17. The topological polar surface area (TPSA) is 107 Å². The van der Waals surface area contributed by atoms with Crippen molar-refractivity contribution in [2.45, 2.75) is 25.7 Å². The van der Waals surface area contributed by atoms with E-state index in [1.165, 1.54) is 12.1 Å². The van der Waals surface area contributed by atoms with Gasteiger partial charge < -0.3 is 14.6 Å². The van der Waals surface area contributed by atoms with Gasteiger partial charge in [-0.25, -0.2) is 4.79 Å². The second-order valence-corrected chi connectivity index (χ2v) is 4.65. The summed E-state index contributed by atoms with van der Waals surface area (Å²) >= 11 is 0. The molecule has 0 atom stereocenters. The molecule has 1 N–H and O–H groups in total. The zero-order valence-electron chi connectivity index (χ0n) is 12.5. The smallest absolute Gasteiger partial charge is 0.379 e. The number of carbonyl (C=O) groups excluding carboxylic acids is 3. The Morgan fingerprint density at radius 3 is 2.13 bits per heavy atom. The fraction of sp³-hybridized carbons (Fsp3) is 0.375. The first-order valence-electron chi connectivity index (χ1n) is 7.14. The Morgan fingerprint density at radius 1 is 0.870 bits per heavy atom. The van der Waals surface area contributed by atoms with Crippen molar-refractivity contribution in [1.29, 1.82) is 0 Å². The molecule has 1 rings (SSSR count). The van der Waals surface area contributed by atoms with Crippen molar-refractivity contribution in [1.82, 2.24) is 0 Å². The van der Waals surface area contributed by atoms with Gasteiger partial charge in [0, 0.05) is 18.4 Å². The van der Waals surface area contributed by atoms with E-state index in [1.54, 1.807) is 18.2 Å². The molecule has 0 heterocycles. The van der Waals surface area contributed by atoms with Crippen LogP contribution in [0.5, 0.6) is 0 Å². The van der Waals surface area contributed by atoms with Crippen LogP contribution >= 0.6 is 0 Å². The predicted octanol–water partition coefficient (Wildman–Crippen LogP) is 1.60. The SMILES string of the molecule is O=C(O)CCCCC(=O)OCCOC(=O)C(=O)c1ccccc1. The summed E-state index contributed by atoms with van der Waals surface area (Å²) in [6.45, 7) is -0.357. The fourth-order valence-corrected chi connectivity index (χ4v) is 1.68. The summed E-state index contributed by atoms with van der Waals surface area (Å²) in [5.41, 5.74) is 0.230. The third kappa shape index (κ3) is 7.75. The second-order valence-electron chi connectivity index (χ2n) is 4.65. The first-order valence-corrected chi connectivity index (χ1v) is 7.14. The molecule has 0 aromatic heterocycles. The second kappa shape index (κ2) is 10.1. The molecule has 0 saturated carbocycles. The third-order valence-corrected chi connectivity index (χ3v) is 2.82. The molecular formula is C16H18O7. The zero-order valence-corrected chi connectivity index (χ0v) is 12.5. The molecular weight excluding hydrogens is 304 g/mol. The van der Waals surface area contributed by atoms with Gasteiger partial charge in [0.2, 0.25) is 0 Å². The van der Waals surface area contributed by atoms with Crippen LogP contribution in [0, 0.1) is 0 Å². The molecule has 0 spiro atoms. The van der Waals surface area contributed by atoms with Crippen LogP contribution in [0.4, 0.5) is 0 Å². The van der Waals surface area contributed by atoms with Gasteiger partial charge in [-0.3, -0.25) is 14.4 Å². The Bertz CT molecular complexity index is 551. The van der Waals surface area contributed by atoms with Crippen LogP contribution in [0.15, 0.2) is 30.3 Å². The molecule has 1 aromatic carbocycles. The lowest BCUT2D eigenvalue weighted by molar-refractivity contribution is -0.149. The van der Waals surface area contributed by atoms with Crippen LogP contribution in [-0.4, -0.2) is 42.0 Å². The summed E-state index contributed by atoms with van der Waals surface area (Å²) in [5.74, 6) is -3.17. The number of carboxylic acid groups (broad SMARTS) is 1. The predicted molar refractivity (Wildman–Crippen MR) is 78.8 cm³/mol. The van der Waals surface area contributed by atoms with Gasteiger partial charge >= 0.3 is 17.9 Å². The molecule has 0 aliphatic rings. The highest BCUT2D eigenvalue weighted by atomic mass is 16.6. The first-order chi connectivity index (χ1) is 11.0. The standard InChI is InChI=1S/C16H18O7/c17-13(18)8-4-5-9-14(19)22-10-11-23-16(21)15(20)12-6-2-1-3-7-12/h1-3,6-7H,4-5,8-11H2,(H,17,18). The van der Waals surface area contributed by atoms with E-state index in [1.807, 2.05) is 0 Å². The van der Waals surface area contributed by atoms with Crippen LogP contribution in [0.25, 0.3) is 0 Å². The number of unbranched alkanes of at least 4 members (excludes halogenated alkanes) is 1. The van der Waals surface area contributed by atoms with E-state index in [9.17, 15) is 19.2 Å². The summed E-state index contributed by atoms with van der Waals surface area (Å²) < 4.78 is 9.53. The molecule has 0 amide bonds. The third-order valence-electron chi connectivity index (χ3n) is 2.82. The molecule has 0 radical (unpaired) electrons. The van der Waals surface area contributed by atoms with Crippen molar-refractivity contribution in [2.75, 3.05) is 13.2 Å². The van der Waals surface area contributed by atoms with E-state index in [0.717, 1.165) is 0 Å². The summed E-state index contributed by atoms with van der Waals surface area (Å²) in [5, 5.41) is 8.44. The van der Waals surface area contributed by atoms with Crippen molar-refractivity contribution >= 4 is 23.7 Å². The lowest BCUT2D eigenvalue weighted by Gasteiger charge is -2.06. The molecule has 0 saturated heterocycles. The van der Waals surface area contributed by atoms with Gasteiger partial charge in [-0.2, -0.15) is 0 Å². The van der Waals surface area contributed by atoms with Gasteiger partial charge in [0.15, 0.2) is 0 Å². The Morgan fingerprint density at radius 2 is 1.48 bits per heavy atom. The molecule has 124 valence electrons. The van der Waals surface area contributed by atoms with Crippen LogP contribution in [-0.2, 0) is 23.9 Å². The van der Waals surface area contributed by atoms with E-state index in [2.05, 4.69) is 0 Å². The number of hydrogen-bond donors (Lipinski definition) is 1. The number of carboxylic acids is 1. The minimum absolute atomic E-state index is 0.00644. The number of Topliss-reactive ketones (excluding diaryl/α,β-unsaturated/α-hetero) is 1. The monoisotopic (exact) mass is 322 g/mol. The van der Waals surface area contributed by atoms with Crippen molar-refractivity contribution in [3.05, 3.63) is 35.9 Å². The van der Waals surface area contributed by atoms with Gasteiger partial charge in [-0.1, -0.05) is 30.3 Å². The number of esters is 2. The van der Waals surface area contributed by atoms with E-state index < -0.39 is 23.7 Å². The number of ether oxygens (including phenoxy) is 2. The quantitative estimate of drug-likeness (QED) is 0.302. The molecule has 0 aliphatic heterocycles. The maximum Gasteiger partial charge on any atom is 0.379 e. The maximum absolute atomic E-state index is 11.7. The molecule has 0 aliphatic carbocycles. The number of ketones is 1. The number of carbonyl (C=O) groups is 4. The largest absolute Gasteiger partial charge is 0.481 e. The van der Waals surface area contributed by atoms with E-state index in [4.69, 9.17) is 14.6 Å². The lowest BCUT2D eigenvalue weighted by Crippen LogP contribution is -2.20. The Hall–Kier alpha value is -2.70. The van der Waals surface area contributed by atoms with Crippen molar-refractivity contribution in [3.63, 3.8) is 0 Å². The molecule has 23 heavy (non-hydrogen) atoms. The summed E-state index contributed by atoms with van der Waals surface area (Å²) in [7, 11) is 0. The van der Waals surface area contributed by atoms with Gasteiger partial charge in [-0.05, 0) is 12.8 Å². The Kier molecular flexibility index (Phi) is 8.06. The van der Waals surface area contributed by atoms with Gasteiger partial charge in [-0.15, -0.1) is 0 Å². The number of rotatable bonds is 10. The van der Waals surface area contributed by atoms with Crippen molar-refractivity contribution in [3.8, 4) is 0 Å². The molecule has 1 aromatic rings. The van der Waals surface area contributed by atoms with Crippen LogP contribution in [0.2, 0.25) is 0 Å². The zero-order chi connectivity index (χ0) is 17.1. The molecule has 7 heteroatoms. The average molecular weight is 322 g/mol. The number of hydrogen-bond acceptors (Lipinski definition) is 6. The average Bonchev–Trinajstić information content (AvgIpc) is 2.55. The summed E-state index contributed by atoms with van der Waals surface area (Å²) in [4.78, 5) is 44.8. The van der Waals surface area contributed by atoms with Crippen LogP contribution < -0.4 is 0 Å². The molecule has 0 unspecified atom stereocenters. The summed E-state index contributed by atoms with van der Waals surface area (Å²) in [6.07, 6.45) is 0.916.